The summed E-state index contributed by atoms with van der Waals surface area (Å²) in [6.45, 7) is 0. The summed E-state index contributed by atoms with van der Waals surface area (Å²) in [4.78, 5) is 10.9. The van der Waals surface area contributed by atoms with Gasteiger partial charge in [-0.2, -0.15) is 5.26 Å². The van der Waals surface area contributed by atoms with Gasteiger partial charge >= 0.3 is 0 Å². The van der Waals surface area contributed by atoms with Gasteiger partial charge in [-0.3, -0.25) is 4.79 Å². The fourth-order valence-corrected chi connectivity index (χ4v) is 1.72. The Labute approximate surface area is 93.0 Å². The molecule has 1 saturated carbocycles. The maximum atomic E-state index is 12.6. The van der Waals surface area contributed by atoms with Gasteiger partial charge < -0.3 is 0 Å². The quantitative estimate of drug-likeness (QED) is 0.761. The van der Waals surface area contributed by atoms with Crippen molar-refractivity contribution in [2.75, 3.05) is 0 Å². The SMILES string of the molecule is N#CC1(/C=C/c2ccc(F)cc2)CC(=O)C1. The predicted molar refractivity (Wildman–Crippen MR) is 57.7 cm³/mol. The molecule has 0 aliphatic heterocycles. The first-order chi connectivity index (χ1) is 7.63. The van der Waals surface area contributed by atoms with Crippen LogP contribution in [0.25, 0.3) is 6.08 Å². The Bertz CT molecular complexity index is 474. The molecule has 1 aliphatic carbocycles. The van der Waals surface area contributed by atoms with Crippen molar-refractivity contribution in [3.05, 3.63) is 41.7 Å². The zero-order valence-corrected chi connectivity index (χ0v) is 8.61. The number of Topliss-reactive ketones (excluding diaryl/α,β-unsaturated/α-hetero) is 1. The molecule has 2 nitrogen and oxygen atoms in total. The second kappa shape index (κ2) is 3.90. The monoisotopic (exact) mass is 215 g/mol. The molecule has 0 saturated heterocycles. The Morgan fingerprint density at radius 2 is 1.94 bits per heavy atom. The molecule has 0 radical (unpaired) electrons. The van der Waals surface area contributed by atoms with Crippen molar-refractivity contribution in [2.24, 2.45) is 5.41 Å². The average Bonchev–Trinajstić information content (AvgIpc) is 2.25. The van der Waals surface area contributed by atoms with Gasteiger partial charge in [0, 0.05) is 12.8 Å². The summed E-state index contributed by atoms with van der Waals surface area (Å²) in [7, 11) is 0. The highest BCUT2D eigenvalue weighted by molar-refractivity contribution is 5.88. The molecule has 3 heteroatoms. The van der Waals surface area contributed by atoms with Crippen molar-refractivity contribution < 1.29 is 9.18 Å². The van der Waals surface area contributed by atoms with Crippen LogP contribution in [0.5, 0.6) is 0 Å². The molecule has 0 atom stereocenters. The minimum Gasteiger partial charge on any atom is -0.300 e. The first-order valence-corrected chi connectivity index (χ1v) is 5.01. The highest BCUT2D eigenvalue weighted by Gasteiger charge is 2.41. The number of halogens is 1. The van der Waals surface area contributed by atoms with Gasteiger partial charge in [0.15, 0.2) is 0 Å². The second-order valence-corrected chi connectivity index (χ2v) is 4.05. The van der Waals surface area contributed by atoms with E-state index < -0.39 is 5.41 Å². The van der Waals surface area contributed by atoms with E-state index in [1.54, 1.807) is 24.3 Å². The zero-order chi connectivity index (χ0) is 11.6. The van der Waals surface area contributed by atoms with E-state index in [2.05, 4.69) is 6.07 Å². The number of ketones is 1. The topological polar surface area (TPSA) is 40.9 Å². The minimum atomic E-state index is -0.633. The Kier molecular flexibility index (Phi) is 2.57. The summed E-state index contributed by atoms with van der Waals surface area (Å²) < 4.78 is 12.6. The van der Waals surface area contributed by atoms with Gasteiger partial charge in [-0.15, -0.1) is 0 Å². The van der Waals surface area contributed by atoms with Gasteiger partial charge in [-0.25, -0.2) is 4.39 Å². The fourth-order valence-electron chi connectivity index (χ4n) is 1.72. The molecular weight excluding hydrogens is 205 g/mol. The molecular formula is C13H10FNO. The minimum absolute atomic E-state index is 0.116. The highest BCUT2D eigenvalue weighted by Crippen LogP contribution is 2.39. The van der Waals surface area contributed by atoms with Gasteiger partial charge in [0.2, 0.25) is 0 Å². The molecule has 16 heavy (non-hydrogen) atoms. The van der Waals surface area contributed by atoms with Crippen LogP contribution in [0.15, 0.2) is 30.3 Å². The molecule has 1 fully saturated rings. The van der Waals surface area contributed by atoms with Gasteiger partial charge in [0.05, 0.1) is 11.5 Å². The molecule has 1 aromatic carbocycles. The van der Waals surface area contributed by atoms with Gasteiger partial charge in [-0.05, 0) is 17.7 Å². The lowest BCUT2D eigenvalue weighted by atomic mass is 9.69. The number of nitrogens with zero attached hydrogens (tertiary/aromatic N) is 1. The summed E-state index contributed by atoms with van der Waals surface area (Å²) in [5.74, 6) is -0.170. The van der Waals surface area contributed by atoms with Crippen LogP contribution in [0, 0.1) is 22.6 Å². The van der Waals surface area contributed by atoms with Crippen LogP contribution in [-0.4, -0.2) is 5.78 Å². The summed E-state index contributed by atoms with van der Waals surface area (Å²) in [5.41, 5.74) is 0.196. The molecule has 1 aliphatic rings. The Hall–Kier alpha value is -1.95. The Morgan fingerprint density at radius 1 is 1.31 bits per heavy atom. The van der Waals surface area contributed by atoms with E-state index in [-0.39, 0.29) is 11.6 Å². The Balaban J connectivity index is 2.12. The van der Waals surface area contributed by atoms with E-state index in [4.69, 9.17) is 5.26 Å². The number of carbonyl (C=O) groups is 1. The number of carbonyl (C=O) groups excluding carboxylic acids is 1. The summed E-state index contributed by atoms with van der Waals surface area (Å²) in [6, 6.07) is 8.15. The molecule has 0 spiro atoms. The lowest BCUT2D eigenvalue weighted by Crippen LogP contribution is -2.34. The number of rotatable bonds is 2. The molecule has 0 heterocycles. The van der Waals surface area contributed by atoms with E-state index in [9.17, 15) is 9.18 Å². The van der Waals surface area contributed by atoms with Crippen molar-refractivity contribution in [1.82, 2.24) is 0 Å². The summed E-state index contributed by atoms with van der Waals surface area (Å²) in [5, 5.41) is 8.96. The van der Waals surface area contributed by atoms with Gasteiger partial charge in [0.25, 0.3) is 0 Å². The lowest BCUT2D eigenvalue weighted by molar-refractivity contribution is -0.127. The van der Waals surface area contributed by atoms with Crippen LogP contribution in [0.2, 0.25) is 0 Å². The van der Waals surface area contributed by atoms with E-state index in [1.165, 1.54) is 12.1 Å². The summed E-state index contributed by atoms with van der Waals surface area (Å²) >= 11 is 0. The molecule has 0 unspecified atom stereocenters. The average molecular weight is 215 g/mol. The zero-order valence-electron chi connectivity index (χ0n) is 8.61. The molecule has 0 amide bonds. The second-order valence-electron chi connectivity index (χ2n) is 4.05. The normalized spacial score (nSPS) is 18.1. The number of allylic oxidation sites excluding steroid dienone is 1. The van der Waals surface area contributed by atoms with Crippen molar-refractivity contribution >= 4 is 11.9 Å². The predicted octanol–water partition coefficient (Wildman–Crippen LogP) is 2.71. The molecule has 0 bridgehead atoms. The van der Waals surface area contributed by atoms with Gasteiger partial charge in [-0.1, -0.05) is 24.3 Å². The number of benzene rings is 1. The van der Waals surface area contributed by atoms with E-state index >= 15 is 0 Å². The fraction of sp³-hybridized carbons (Fsp3) is 0.231. The maximum Gasteiger partial charge on any atom is 0.136 e. The van der Waals surface area contributed by atoms with Gasteiger partial charge in [0.1, 0.15) is 11.6 Å². The van der Waals surface area contributed by atoms with Crippen LogP contribution < -0.4 is 0 Å². The highest BCUT2D eigenvalue weighted by atomic mass is 19.1. The van der Waals surface area contributed by atoms with E-state index in [0.717, 1.165) is 5.56 Å². The largest absolute Gasteiger partial charge is 0.300 e. The molecule has 80 valence electrons. The number of hydrogen-bond donors (Lipinski definition) is 0. The Morgan fingerprint density at radius 3 is 2.44 bits per heavy atom. The van der Waals surface area contributed by atoms with Crippen LogP contribution in [0.3, 0.4) is 0 Å². The first kappa shape index (κ1) is 10.6. The van der Waals surface area contributed by atoms with Crippen LogP contribution in [-0.2, 0) is 4.79 Å². The van der Waals surface area contributed by atoms with Crippen molar-refractivity contribution in [3.63, 3.8) is 0 Å². The van der Waals surface area contributed by atoms with Crippen LogP contribution in [0.1, 0.15) is 18.4 Å². The third-order valence-electron chi connectivity index (χ3n) is 2.71. The third kappa shape index (κ3) is 2.01. The molecule has 0 aromatic heterocycles. The number of hydrogen-bond acceptors (Lipinski definition) is 2. The first-order valence-electron chi connectivity index (χ1n) is 5.01. The van der Waals surface area contributed by atoms with Crippen LogP contribution >= 0.6 is 0 Å². The maximum absolute atomic E-state index is 12.6. The smallest absolute Gasteiger partial charge is 0.136 e. The van der Waals surface area contributed by atoms with E-state index in [1.807, 2.05) is 0 Å². The van der Waals surface area contributed by atoms with E-state index in [0.29, 0.717) is 12.8 Å². The molecule has 1 aromatic rings. The summed E-state index contributed by atoms with van der Waals surface area (Å²) in [6.07, 6.45) is 4.08. The van der Waals surface area contributed by atoms with Crippen molar-refractivity contribution in [3.8, 4) is 6.07 Å². The standard InChI is InChI=1S/C13H10FNO/c14-11-3-1-10(2-4-11)5-6-13(9-15)7-12(16)8-13/h1-6H,7-8H2/b6-5+. The number of nitriles is 1. The molecule has 0 N–H and O–H groups in total. The van der Waals surface area contributed by atoms with Crippen molar-refractivity contribution in [1.29, 1.82) is 5.26 Å². The molecule has 2 rings (SSSR count). The van der Waals surface area contributed by atoms with Crippen LogP contribution in [0.4, 0.5) is 4.39 Å². The lowest BCUT2D eigenvalue weighted by Gasteiger charge is -2.30. The third-order valence-corrected chi connectivity index (χ3v) is 2.71. The van der Waals surface area contributed by atoms with Crippen molar-refractivity contribution in [2.45, 2.75) is 12.8 Å².